The molecule has 0 atom stereocenters. The predicted molar refractivity (Wildman–Crippen MR) is 105 cm³/mol. The Labute approximate surface area is 164 Å². The van der Waals surface area contributed by atoms with E-state index >= 15 is 0 Å². The summed E-state index contributed by atoms with van der Waals surface area (Å²) in [5, 5.41) is 10.8. The van der Waals surface area contributed by atoms with Gasteiger partial charge in [-0.1, -0.05) is 26.0 Å². The molecular formula is C19H22N2O6S. The first-order chi connectivity index (χ1) is 13.0. The van der Waals surface area contributed by atoms with Gasteiger partial charge in [0.25, 0.3) is 11.6 Å². The Kier molecular flexibility index (Phi) is 6.74. The predicted octanol–water partition coefficient (Wildman–Crippen LogP) is 3.23. The standard InChI is InChI=1S/C19H22N2O6S/c1-14(2)12-20(19(22)16-7-9-17(10-8-16)21(23)24)13-15-5-4-6-18(11-15)27-28(3,25)26/h4-11,14H,12-13H2,1-3H3. The summed E-state index contributed by atoms with van der Waals surface area (Å²) in [6.45, 7) is 4.65. The van der Waals surface area contributed by atoms with E-state index in [2.05, 4.69) is 0 Å². The van der Waals surface area contributed by atoms with Gasteiger partial charge in [-0.25, -0.2) is 0 Å². The van der Waals surface area contributed by atoms with Gasteiger partial charge >= 0.3 is 10.1 Å². The van der Waals surface area contributed by atoms with E-state index in [1.807, 2.05) is 13.8 Å². The molecule has 0 aliphatic heterocycles. The maximum Gasteiger partial charge on any atom is 0.306 e. The first-order valence-electron chi connectivity index (χ1n) is 8.57. The summed E-state index contributed by atoms with van der Waals surface area (Å²) in [6.07, 6.45) is 0.961. The van der Waals surface area contributed by atoms with Gasteiger partial charge in [0.2, 0.25) is 0 Å². The normalized spacial score (nSPS) is 11.3. The van der Waals surface area contributed by atoms with Crippen molar-refractivity contribution >= 4 is 21.7 Å². The van der Waals surface area contributed by atoms with Crippen LogP contribution in [0.15, 0.2) is 48.5 Å². The number of carbonyl (C=O) groups excluding carboxylic acids is 1. The third-order valence-corrected chi connectivity index (χ3v) is 4.21. The molecule has 150 valence electrons. The number of nitro benzene ring substituents is 1. The van der Waals surface area contributed by atoms with Crippen LogP contribution in [0.2, 0.25) is 0 Å². The molecule has 0 N–H and O–H groups in total. The van der Waals surface area contributed by atoms with Crippen molar-refractivity contribution in [3.63, 3.8) is 0 Å². The average molecular weight is 406 g/mol. The summed E-state index contributed by atoms with van der Waals surface area (Å²) in [4.78, 5) is 24.8. The number of hydrogen-bond acceptors (Lipinski definition) is 6. The Hall–Kier alpha value is -2.94. The quantitative estimate of drug-likeness (QED) is 0.378. The van der Waals surface area contributed by atoms with Crippen LogP contribution >= 0.6 is 0 Å². The van der Waals surface area contributed by atoms with Gasteiger partial charge in [-0.15, -0.1) is 0 Å². The Morgan fingerprint density at radius 3 is 2.36 bits per heavy atom. The Balaban J connectivity index is 2.25. The Bertz CT molecular complexity index is 955. The molecule has 2 rings (SSSR count). The van der Waals surface area contributed by atoms with Crippen molar-refractivity contribution in [2.75, 3.05) is 12.8 Å². The maximum atomic E-state index is 12.9. The van der Waals surface area contributed by atoms with Crippen LogP contribution in [0, 0.1) is 16.0 Å². The van der Waals surface area contributed by atoms with Crippen LogP contribution in [-0.2, 0) is 16.7 Å². The Morgan fingerprint density at radius 1 is 1.18 bits per heavy atom. The molecule has 2 aromatic carbocycles. The van der Waals surface area contributed by atoms with Crippen LogP contribution in [0.3, 0.4) is 0 Å². The molecule has 0 saturated heterocycles. The van der Waals surface area contributed by atoms with Crippen LogP contribution < -0.4 is 4.18 Å². The van der Waals surface area contributed by atoms with Crippen LogP contribution in [0.1, 0.15) is 29.8 Å². The fourth-order valence-corrected chi connectivity index (χ4v) is 3.11. The first kappa shape index (κ1) is 21.4. The number of nitro groups is 1. The second-order valence-electron chi connectivity index (χ2n) is 6.82. The van der Waals surface area contributed by atoms with Gasteiger partial charge in [-0.05, 0) is 35.7 Å². The maximum absolute atomic E-state index is 12.9. The molecule has 0 unspecified atom stereocenters. The molecule has 0 bridgehead atoms. The molecule has 0 aromatic heterocycles. The molecule has 0 radical (unpaired) electrons. The third-order valence-electron chi connectivity index (χ3n) is 3.72. The van der Waals surface area contributed by atoms with E-state index in [1.54, 1.807) is 23.1 Å². The van der Waals surface area contributed by atoms with Crippen molar-refractivity contribution < 1.29 is 22.3 Å². The third kappa shape index (κ3) is 6.34. The van der Waals surface area contributed by atoms with Crippen LogP contribution in [-0.4, -0.2) is 36.9 Å². The van der Waals surface area contributed by atoms with Gasteiger partial charge in [-0.2, -0.15) is 8.42 Å². The molecule has 0 fully saturated rings. The van der Waals surface area contributed by atoms with Crippen molar-refractivity contribution in [2.24, 2.45) is 5.92 Å². The molecule has 0 heterocycles. The van der Waals surface area contributed by atoms with Crippen molar-refractivity contribution in [1.29, 1.82) is 0 Å². The van der Waals surface area contributed by atoms with Gasteiger partial charge in [0, 0.05) is 30.8 Å². The van der Waals surface area contributed by atoms with Crippen molar-refractivity contribution in [1.82, 2.24) is 4.90 Å². The van der Waals surface area contributed by atoms with Crippen molar-refractivity contribution in [3.8, 4) is 5.75 Å². The van der Waals surface area contributed by atoms with Gasteiger partial charge in [0.15, 0.2) is 0 Å². The minimum Gasteiger partial charge on any atom is -0.383 e. The lowest BCUT2D eigenvalue weighted by Gasteiger charge is -2.25. The molecule has 28 heavy (non-hydrogen) atoms. The second kappa shape index (κ2) is 8.83. The average Bonchev–Trinajstić information content (AvgIpc) is 2.59. The highest BCUT2D eigenvalue weighted by atomic mass is 32.2. The number of hydrogen-bond donors (Lipinski definition) is 0. The number of rotatable bonds is 8. The molecule has 0 saturated carbocycles. The lowest BCUT2D eigenvalue weighted by Crippen LogP contribution is -2.33. The van der Waals surface area contributed by atoms with Crippen LogP contribution in [0.25, 0.3) is 0 Å². The molecule has 0 aliphatic carbocycles. The topological polar surface area (TPSA) is 107 Å². The summed E-state index contributed by atoms with van der Waals surface area (Å²) in [5.74, 6) is 0.0998. The smallest absolute Gasteiger partial charge is 0.306 e. The van der Waals surface area contributed by atoms with E-state index < -0.39 is 15.0 Å². The van der Waals surface area contributed by atoms with E-state index in [0.717, 1.165) is 6.26 Å². The lowest BCUT2D eigenvalue weighted by atomic mass is 10.1. The fraction of sp³-hybridized carbons (Fsp3) is 0.316. The van der Waals surface area contributed by atoms with Crippen molar-refractivity contribution in [2.45, 2.75) is 20.4 Å². The summed E-state index contributed by atoms with van der Waals surface area (Å²) in [6, 6.07) is 12.0. The number of amides is 1. The highest BCUT2D eigenvalue weighted by molar-refractivity contribution is 7.86. The minimum atomic E-state index is -3.65. The number of nitrogens with zero attached hydrogens (tertiary/aromatic N) is 2. The molecule has 8 nitrogen and oxygen atoms in total. The van der Waals surface area contributed by atoms with Gasteiger partial charge in [-0.3, -0.25) is 14.9 Å². The van der Waals surface area contributed by atoms with Gasteiger partial charge in [0.1, 0.15) is 5.75 Å². The van der Waals surface area contributed by atoms with E-state index in [0.29, 0.717) is 17.7 Å². The minimum absolute atomic E-state index is 0.0856. The fourth-order valence-electron chi connectivity index (χ4n) is 2.66. The number of carbonyl (C=O) groups is 1. The van der Waals surface area contributed by atoms with E-state index in [-0.39, 0.29) is 29.8 Å². The molecule has 2 aromatic rings. The number of benzene rings is 2. The number of non-ortho nitro benzene ring substituents is 1. The molecule has 9 heteroatoms. The summed E-state index contributed by atoms with van der Waals surface area (Å²) in [5.41, 5.74) is 0.962. The van der Waals surface area contributed by atoms with E-state index in [1.165, 1.54) is 30.3 Å². The zero-order valence-electron chi connectivity index (χ0n) is 15.9. The van der Waals surface area contributed by atoms with E-state index in [4.69, 9.17) is 4.18 Å². The van der Waals surface area contributed by atoms with E-state index in [9.17, 15) is 23.3 Å². The molecule has 1 amide bonds. The summed E-state index contributed by atoms with van der Waals surface area (Å²) < 4.78 is 27.5. The zero-order chi connectivity index (χ0) is 20.9. The molecular weight excluding hydrogens is 384 g/mol. The monoisotopic (exact) mass is 406 g/mol. The molecule has 0 spiro atoms. The Morgan fingerprint density at radius 2 is 1.82 bits per heavy atom. The second-order valence-corrected chi connectivity index (χ2v) is 8.39. The molecule has 0 aliphatic rings. The van der Waals surface area contributed by atoms with Crippen molar-refractivity contribution in [3.05, 3.63) is 69.8 Å². The SMILES string of the molecule is CC(C)CN(Cc1cccc(OS(C)(=O)=O)c1)C(=O)c1ccc([N+](=O)[O-])cc1. The first-order valence-corrected chi connectivity index (χ1v) is 10.4. The highest BCUT2D eigenvalue weighted by Gasteiger charge is 2.19. The largest absolute Gasteiger partial charge is 0.383 e. The summed E-state index contributed by atoms with van der Waals surface area (Å²) >= 11 is 0. The van der Waals surface area contributed by atoms with Crippen LogP contribution in [0.5, 0.6) is 5.75 Å². The zero-order valence-corrected chi connectivity index (χ0v) is 16.7. The lowest BCUT2D eigenvalue weighted by molar-refractivity contribution is -0.384. The van der Waals surface area contributed by atoms with Gasteiger partial charge in [0.05, 0.1) is 11.2 Å². The van der Waals surface area contributed by atoms with Crippen LogP contribution in [0.4, 0.5) is 5.69 Å². The summed E-state index contributed by atoms with van der Waals surface area (Å²) in [7, 11) is -3.65. The van der Waals surface area contributed by atoms with Gasteiger partial charge < -0.3 is 9.08 Å². The highest BCUT2D eigenvalue weighted by Crippen LogP contribution is 2.19.